The first-order valence-electron chi connectivity index (χ1n) is 11.5. The Bertz CT molecular complexity index is 1310. The molecule has 0 saturated heterocycles. The molecule has 2 heterocycles. The molecule has 7 heteroatoms. The highest BCUT2D eigenvalue weighted by molar-refractivity contribution is 5.96. The second-order valence-electron chi connectivity index (χ2n) is 8.71. The van der Waals surface area contributed by atoms with Gasteiger partial charge in [-0.3, -0.25) is 4.68 Å². The number of pyridine rings is 1. The number of nitrogens with zero attached hydrogens (tertiary/aromatic N) is 3. The molecule has 7 nitrogen and oxygen atoms in total. The maximum Gasteiger partial charge on any atom is 0.335 e. The Hall–Kier alpha value is -3.87. The Balaban J connectivity index is 1.80. The molecular weight excluding hydrogens is 428 g/mol. The summed E-state index contributed by atoms with van der Waals surface area (Å²) in [5, 5.41) is 18.5. The van der Waals surface area contributed by atoms with E-state index >= 15 is 0 Å². The standard InChI is InChI=1S/C27H30N4O3/c1-5-27(4,6-2)31-22-14-15-28-25(34-17-19-10-8-7-9-11-19)23(22)24(30-31)29-20-12-13-21(26(32)33)18(3)16-20/h7-16H,5-6,17H2,1-4H3,(H,29,30)(H,32,33). The van der Waals surface area contributed by atoms with E-state index < -0.39 is 5.97 Å². The number of rotatable bonds is 9. The fourth-order valence-corrected chi connectivity index (χ4v) is 4.04. The van der Waals surface area contributed by atoms with Gasteiger partial charge in [-0.15, -0.1) is 0 Å². The van der Waals surface area contributed by atoms with Crippen LogP contribution in [0.5, 0.6) is 5.88 Å². The number of aryl methyl sites for hydroxylation is 1. The van der Waals surface area contributed by atoms with E-state index in [1.54, 1.807) is 25.3 Å². The van der Waals surface area contributed by atoms with E-state index in [9.17, 15) is 9.90 Å². The zero-order valence-corrected chi connectivity index (χ0v) is 20.0. The van der Waals surface area contributed by atoms with Crippen molar-refractivity contribution in [2.45, 2.75) is 52.7 Å². The summed E-state index contributed by atoms with van der Waals surface area (Å²) in [7, 11) is 0. The molecule has 4 rings (SSSR count). The Morgan fingerprint density at radius 1 is 1.12 bits per heavy atom. The van der Waals surface area contributed by atoms with Crippen LogP contribution in [0.2, 0.25) is 0 Å². The smallest absolute Gasteiger partial charge is 0.335 e. The maximum atomic E-state index is 11.4. The summed E-state index contributed by atoms with van der Waals surface area (Å²) in [4.78, 5) is 16.0. The van der Waals surface area contributed by atoms with E-state index in [1.807, 2.05) is 42.5 Å². The Kier molecular flexibility index (Phi) is 6.54. The molecular formula is C27H30N4O3. The number of aromatic nitrogens is 3. The summed E-state index contributed by atoms with van der Waals surface area (Å²) in [6.45, 7) is 8.69. The van der Waals surface area contributed by atoms with E-state index in [1.165, 1.54) is 0 Å². The van der Waals surface area contributed by atoms with Gasteiger partial charge in [-0.1, -0.05) is 44.2 Å². The third kappa shape index (κ3) is 4.46. The minimum Gasteiger partial charge on any atom is -0.478 e. The van der Waals surface area contributed by atoms with Crippen molar-refractivity contribution in [3.05, 3.63) is 77.5 Å². The van der Waals surface area contributed by atoms with Crippen molar-refractivity contribution >= 4 is 28.4 Å². The molecule has 4 aromatic rings. The lowest BCUT2D eigenvalue weighted by Gasteiger charge is -2.28. The van der Waals surface area contributed by atoms with Gasteiger partial charge in [0.1, 0.15) is 12.0 Å². The van der Waals surface area contributed by atoms with Crippen LogP contribution in [0.4, 0.5) is 11.5 Å². The molecule has 0 atom stereocenters. The van der Waals surface area contributed by atoms with Crippen LogP contribution in [0.1, 0.15) is 55.1 Å². The first-order chi connectivity index (χ1) is 16.4. The molecule has 2 N–H and O–H groups in total. The third-order valence-corrected chi connectivity index (χ3v) is 6.53. The van der Waals surface area contributed by atoms with E-state index in [4.69, 9.17) is 9.84 Å². The summed E-state index contributed by atoms with van der Waals surface area (Å²) in [5.41, 5.74) is 3.51. The number of ether oxygens (including phenoxy) is 1. The molecule has 0 amide bonds. The second kappa shape index (κ2) is 9.55. The number of carboxylic acids is 1. The van der Waals surface area contributed by atoms with Crippen molar-refractivity contribution in [1.29, 1.82) is 0 Å². The van der Waals surface area contributed by atoms with Crippen molar-refractivity contribution in [3.63, 3.8) is 0 Å². The molecule has 0 fully saturated rings. The highest BCUT2D eigenvalue weighted by Crippen LogP contribution is 2.37. The highest BCUT2D eigenvalue weighted by Gasteiger charge is 2.28. The van der Waals surface area contributed by atoms with Crippen molar-refractivity contribution < 1.29 is 14.6 Å². The molecule has 0 aliphatic heterocycles. The van der Waals surface area contributed by atoms with Crippen LogP contribution in [0.15, 0.2) is 60.8 Å². The van der Waals surface area contributed by atoms with Gasteiger partial charge in [-0.2, -0.15) is 5.10 Å². The maximum absolute atomic E-state index is 11.4. The van der Waals surface area contributed by atoms with Gasteiger partial charge in [0.15, 0.2) is 5.82 Å². The van der Waals surface area contributed by atoms with Gasteiger partial charge >= 0.3 is 5.97 Å². The quantitative estimate of drug-likeness (QED) is 0.306. The summed E-state index contributed by atoms with van der Waals surface area (Å²) < 4.78 is 8.22. The molecule has 0 unspecified atom stereocenters. The van der Waals surface area contributed by atoms with Crippen LogP contribution in [0, 0.1) is 6.92 Å². The molecule has 0 radical (unpaired) electrons. The van der Waals surface area contributed by atoms with E-state index in [-0.39, 0.29) is 11.1 Å². The topological polar surface area (TPSA) is 89.3 Å². The molecule has 2 aromatic carbocycles. The lowest BCUT2D eigenvalue weighted by molar-refractivity contribution is 0.0696. The van der Waals surface area contributed by atoms with Crippen molar-refractivity contribution in [2.75, 3.05) is 5.32 Å². The summed E-state index contributed by atoms with van der Waals surface area (Å²) in [6.07, 6.45) is 3.57. The van der Waals surface area contributed by atoms with Gasteiger partial charge in [0, 0.05) is 11.9 Å². The van der Waals surface area contributed by atoms with Crippen LogP contribution in [-0.2, 0) is 12.1 Å². The van der Waals surface area contributed by atoms with Gasteiger partial charge in [0.05, 0.1) is 16.6 Å². The molecule has 0 aliphatic rings. The van der Waals surface area contributed by atoms with Gasteiger partial charge in [0.25, 0.3) is 0 Å². The van der Waals surface area contributed by atoms with Crippen molar-refractivity contribution in [2.24, 2.45) is 0 Å². The second-order valence-corrected chi connectivity index (χ2v) is 8.71. The van der Waals surface area contributed by atoms with E-state index in [2.05, 4.69) is 35.8 Å². The number of benzene rings is 2. The number of carbonyl (C=O) groups is 1. The van der Waals surface area contributed by atoms with Gasteiger partial charge in [0.2, 0.25) is 5.88 Å². The first kappa shape index (κ1) is 23.3. The zero-order chi connectivity index (χ0) is 24.3. The molecule has 0 aliphatic carbocycles. The number of anilines is 2. The summed E-state index contributed by atoms with van der Waals surface area (Å²) in [6, 6.07) is 17.1. The zero-order valence-electron chi connectivity index (χ0n) is 20.0. The van der Waals surface area contributed by atoms with E-state index in [0.29, 0.717) is 23.9 Å². The number of hydrogen-bond acceptors (Lipinski definition) is 5. The largest absolute Gasteiger partial charge is 0.478 e. The van der Waals surface area contributed by atoms with Crippen LogP contribution >= 0.6 is 0 Å². The highest BCUT2D eigenvalue weighted by atomic mass is 16.5. The monoisotopic (exact) mass is 458 g/mol. The molecule has 2 aromatic heterocycles. The minimum atomic E-state index is -0.943. The Morgan fingerprint density at radius 3 is 2.50 bits per heavy atom. The lowest BCUT2D eigenvalue weighted by atomic mass is 9.95. The van der Waals surface area contributed by atoms with Crippen LogP contribution in [0.25, 0.3) is 10.9 Å². The SMILES string of the molecule is CCC(C)(CC)n1nc(Nc2ccc(C(=O)O)c(C)c2)c2c(OCc3ccccc3)nccc21. The molecule has 34 heavy (non-hydrogen) atoms. The van der Waals surface area contributed by atoms with Crippen molar-refractivity contribution in [3.8, 4) is 5.88 Å². The fourth-order valence-electron chi connectivity index (χ4n) is 4.04. The number of nitrogens with one attached hydrogen (secondary N) is 1. The van der Waals surface area contributed by atoms with Crippen LogP contribution in [-0.4, -0.2) is 25.8 Å². The summed E-state index contributed by atoms with van der Waals surface area (Å²) >= 11 is 0. The van der Waals surface area contributed by atoms with Crippen molar-refractivity contribution in [1.82, 2.24) is 14.8 Å². The normalized spacial score (nSPS) is 11.5. The lowest BCUT2D eigenvalue weighted by Crippen LogP contribution is -2.29. The van der Waals surface area contributed by atoms with Crippen LogP contribution < -0.4 is 10.1 Å². The molecule has 0 bridgehead atoms. The van der Waals surface area contributed by atoms with Gasteiger partial charge < -0.3 is 15.2 Å². The average molecular weight is 459 g/mol. The molecule has 0 spiro atoms. The minimum absolute atomic E-state index is 0.181. The number of carboxylic acid groups (broad SMARTS) is 1. The van der Waals surface area contributed by atoms with Gasteiger partial charge in [-0.25, -0.2) is 9.78 Å². The molecule has 0 saturated carbocycles. The number of fused-ring (bicyclic) bond motifs is 1. The van der Waals surface area contributed by atoms with E-state index in [0.717, 1.165) is 35.0 Å². The van der Waals surface area contributed by atoms with Gasteiger partial charge in [-0.05, 0) is 62.1 Å². The Morgan fingerprint density at radius 2 is 1.85 bits per heavy atom. The number of hydrogen-bond donors (Lipinski definition) is 2. The fraction of sp³-hybridized carbons (Fsp3) is 0.296. The third-order valence-electron chi connectivity index (χ3n) is 6.53. The number of aromatic carboxylic acids is 1. The predicted molar refractivity (Wildman–Crippen MR) is 134 cm³/mol. The summed E-state index contributed by atoms with van der Waals surface area (Å²) in [5.74, 6) is 0.187. The molecule has 176 valence electrons. The predicted octanol–water partition coefficient (Wildman–Crippen LogP) is 6.30. The average Bonchev–Trinajstić information content (AvgIpc) is 3.22. The van der Waals surface area contributed by atoms with Crippen LogP contribution in [0.3, 0.4) is 0 Å². The first-order valence-corrected chi connectivity index (χ1v) is 11.5. The Labute approximate surface area is 199 Å².